The SMILES string of the molecule is C=C[C@@H](Br)[C@H](O)C(C)(C)C. The van der Waals surface area contributed by atoms with Gasteiger partial charge >= 0.3 is 0 Å². The molecular formula is C8H15BrO. The molecule has 1 N–H and O–H groups in total. The maximum atomic E-state index is 9.54. The van der Waals surface area contributed by atoms with Crippen LogP contribution >= 0.6 is 15.9 Å². The fourth-order valence-electron chi connectivity index (χ4n) is 0.607. The molecule has 0 bridgehead atoms. The van der Waals surface area contributed by atoms with Gasteiger partial charge in [0, 0.05) is 0 Å². The first kappa shape index (κ1) is 10.2. The monoisotopic (exact) mass is 206 g/mol. The zero-order valence-corrected chi connectivity index (χ0v) is 8.35. The molecule has 0 rings (SSSR count). The molecule has 0 amide bonds. The molecule has 0 aliphatic rings. The summed E-state index contributed by atoms with van der Waals surface area (Å²) in [6, 6.07) is 0. The first-order valence-corrected chi connectivity index (χ1v) is 4.26. The van der Waals surface area contributed by atoms with Gasteiger partial charge in [-0.3, -0.25) is 0 Å². The fraction of sp³-hybridized carbons (Fsp3) is 0.750. The fourth-order valence-corrected chi connectivity index (χ4v) is 1.40. The molecule has 0 aliphatic carbocycles. The van der Waals surface area contributed by atoms with E-state index in [2.05, 4.69) is 22.5 Å². The molecule has 0 aromatic carbocycles. The second-order valence-electron chi connectivity index (χ2n) is 3.49. The maximum absolute atomic E-state index is 9.54. The van der Waals surface area contributed by atoms with Gasteiger partial charge in [0.15, 0.2) is 0 Å². The lowest BCUT2D eigenvalue weighted by Crippen LogP contribution is -2.33. The molecule has 0 aromatic rings. The van der Waals surface area contributed by atoms with Crippen LogP contribution in [0.4, 0.5) is 0 Å². The van der Waals surface area contributed by atoms with Gasteiger partial charge in [0.25, 0.3) is 0 Å². The number of hydrogen-bond donors (Lipinski definition) is 1. The van der Waals surface area contributed by atoms with E-state index in [0.29, 0.717) is 0 Å². The van der Waals surface area contributed by atoms with Crippen molar-refractivity contribution in [2.45, 2.75) is 31.7 Å². The predicted octanol–water partition coefficient (Wildman–Crippen LogP) is 2.34. The van der Waals surface area contributed by atoms with Crippen molar-refractivity contribution in [3.05, 3.63) is 12.7 Å². The molecule has 2 atom stereocenters. The molecule has 0 saturated carbocycles. The number of alkyl halides is 1. The third kappa shape index (κ3) is 2.84. The Morgan fingerprint density at radius 2 is 1.90 bits per heavy atom. The molecule has 0 fully saturated rings. The van der Waals surface area contributed by atoms with E-state index in [4.69, 9.17) is 0 Å². The van der Waals surface area contributed by atoms with E-state index in [-0.39, 0.29) is 16.3 Å². The van der Waals surface area contributed by atoms with Gasteiger partial charge in [-0.15, -0.1) is 6.58 Å². The first-order valence-electron chi connectivity index (χ1n) is 3.34. The zero-order valence-electron chi connectivity index (χ0n) is 6.76. The minimum atomic E-state index is -0.370. The molecule has 0 unspecified atom stereocenters. The molecule has 0 radical (unpaired) electrons. The van der Waals surface area contributed by atoms with Crippen LogP contribution in [-0.2, 0) is 0 Å². The van der Waals surface area contributed by atoms with Crippen LogP contribution in [0.2, 0.25) is 0 Å². The number of rotatable bonds is 2. The molecular weight excluding hydrogens is 192 g/mol. The normalized spacial score (nSPS) is 18.1. The van der Waals surface area contributed by atoms with Crippen LogP contribution in [0.15, 0.2) is 12.7 Å². The second-order valence-corrected chi connectivity index (χ2v) is 4.55. The van der Waals surface area contributed by atoms with Crippen molar-refractivity contribution in [2.24, 2.45) is 5.41 Å². The molecule has 0 saturated heterocycles. The summed E-state index contributed by atoms with van der Waals surface area (Å²) in [5.41, 5.74) is -0.0810. The summed E-state index contributed by atoms with van der Waals surface area (Å²) in [4.78, 5) is -0.00694. The van der Waals surface area contributed by atoms with Gasteiger partial charge in [-0.2, -0.15) is 0 Å². The Kier molecular flexibility index (Phi) is 3.60. The topological polar surface area (TPSA) is 20.2 Å². The van der Waals surface area contributed by atoms with Crippen molar-refractivity contribution >= 4 is 15.9 Å². The number of halogens is 1. The summed E-state index contributed by atoms with van der Waals surface area (Å²) in [6.45, 7) is 9.57. The van der Waals surface area contributed by atoms with E-state index < -0.39 is 0 Å². The second kappa shape index (κ2) is 3.54. The highest BCUT2D eigenvalue weighted by atomic mass is 79.9. The van der Waals surface area contributed by atoms with Crippen LogP contribution in [0.1, 0.15) is 20.8 Å². The Morgan fingerprint density at radius 1 is 1.50 bits per heavy atom. The van der Waals surface area contributed by atoms with Crippen LogP contribution < -0.4 is 0 Å². The molecule has 0 spiro atoms. The van der Waals surface area contributed by atoms with Gasteiger partial charge in [0.05, 0.1) is 10.9 Å². The molecule has 2 heteroatoms. The summed E-state index contributed by atoms with van der Waals surface area (Å²) < 4.78 is 0. The van der Waals surface area contributed by atoms with E-state index in [9.17, 15) is 5.11 Å². The molecule has 1 nitrogen and oxygen atoms in total. The van der Waals surface area contributed by atoms with E-state index >= 15 is 0 Å². The van der Waals surface area contributed by atoms with Crippen molar-refractivity contribution in [3.63, 3.8) is 0 Å². The van der Waals surface area contributed by atoms with Crippen LogP contribution in [0.3, 0.4) is 0 Å². The van der Waals surface area contributed by atoms with E-state index in [1.54, 1.807) is 6.08 Å². The van der Waals surface area contributed by atoms with Crippen LogP contribution in [0.25, 0.3) is 0 Å². The van der Waals surface area contributed by atoms with Gasteiger partial charge in [0.2, 0.25) is 0 Å². The molecule has 0 heterocycles. The summed E-state index contributed by atoms with van der Waals surface area (Å²) in [5.74, 6) is 0. The van der Waals surface area contributed by atoms with Gasteiger partial charge < -0.3 is 5.11 Å². The lowest BCUT2D eigenvalue weighted by atomic mass is 9.87. The predicted molar refractivity (Wildman–Crippen MR) is 48.4 cm³/mol. The Balaban J connectivity index is 4.07. The summed E-state index contributed by atoms with van der Waals surface area (Å²) in [6.07, 6.45) is 1.33. The van der Waals surface area contributed by atoms with Crippen molar-refractivity contribution in [2.75, 3.05) is 0 Å². The third-order valence-electron chi connectivity index (χ3n) is 1.41. The highest BCUT2D eigenvalue weighted by Gasteiger charge is 2.26. The van der Waals surface area contributed by atoms with Crippen LogP contribution in [-0.4, -0.2) is 16.0 Å². The van der Waals surface area contributed by atoms with Crippen molar-refractivity contribution in [1.29, 1.82) is 0 Å². The maximum Gasteiger partial charge on any atom is 0.0748 e. The quantitative estimate of drug-likeness (QED) is 0.544. The van der Waals surface area contributed by atoms with Gasteiger partial charge in [0.1, 0.15) is 0 Å². The van der Waals surface area contributed by atoms with Gasteiger partial charge in [-0.25, -0.2) is 0 Å². The number of aliphatic hydroxyl groups is 1. The Hall–Kier alpha value is 0.180. The first-order chi connectivity index (χ1) is 4.39. The minimum Gasteiger partial charge on any atom is -0.391 e. The summed E-state index contributed by atoms with van der Waals surface area (Å²) >= 11 is 3.31. The van der Waals surface area contributed by atoms with Crippen molar-refractivity contribution in [1.82, 2.24) is 0 Å². The molecule has 10 heavy (non-hydrogen) atoms. The largest absolute Gasteiger partial charge is 0.391 e. The summed E-state index contributed by atoms with van der Waals surface area (Å²) in [7, 11) is 0. The van der Waals surface area contributed by atoms with Gasteiger partial charge in [-0.1, -0.05) is 42.8 Å². The minimum absolute atomic E-state index is 0.00694. The van der Waals surface area contributed by atoms with Crippen LogP contribution in [0.5, 0.6) is 0 Å². The number of hydrogen-bond acceptors (Lipinski definition) is 1. The highest BCUT2D eigenvalue weighted by Crippen LogP contribution is 2.25. The van der Waals surface area contributed by atoms with Crippen LogP contribution in [0, 0.1) is 5.41 Å². The molecule has 0 aliphatic heterocycles. The smallest absolute Gasteiger partial charge is 0.0748 e. The van der Waals surface area contributed by atoms with E-state index in [1.807, 2.05) is 20.8 Å². The van der Waals surface area contributed by atoms with E-state index in [1.165, 1.54) is 0 Å². The molecule has 60 valence electrons. The highest BCUT2D eigenvalue weighted by molar-refractivity contribution is 9.09. The van der Waals surface area contributed by atoms with Gasteiger partial charge in [-0.05, 0) is 5.41 Å². The van der Waals surface area contributed by atoms with E-state index in [0.717, 1.165) is 0 Å². The Bertz CT molecular complexity index is 115. The van der Waals surface area contributed by atoms with Crippen molar-refractivity contribution < 1.29 is 5.11 Å². The van der Waals surface area contributed by atoms with Crippen molar-refractivity contribution in [3.8, 4) is 0 Å². The lowest BCUT2D eigenvalue weighted by molar-refractivity contribution is 0.0718. The Labute approximate surface area is 71.3 Å². The summed E-state index contributed by atoms with van der Waals surface area (Å²) in [5, 5.41) is 9.54. The number of aliphatic hydroxyl groups excluding tert-OH is 1. The zero-order chi connectivity index (χ0) is 8.36. The average molecular weight is 207 g/mol. The Morgan fingerprint density at radius 3 is 2.00 bits per heavy atom. The lowest BCUT2D eigenvalue weighted by Gasteiger charge is -2.28. The third-order valence-corrected chi connectivity index (χ3v) is 2.29. The molecule has 0 aromatic heterocycles. The average Bonchev–Trinajstić information content (AvgIpc) is 1.83. The standard InChI is InChI=1S/C8H15BrO/c1-5-6(9)7(10)8(2,3)4/h5-7,10H,1H2,2-4H3/t6-,7+/m1/s1.